The van der Waals surface area contributed by atoms with Gasteiger partial charge in [0.25, 0.3) is 0 Å². The number of carbonyl (C=O) groups is 1. The van der Waals surface area contributed by atoms with Crippen LogP contribution >= 0.6 is 0 Å². The van der Waals surface area contributed by atoms with Crippen LogP contribution in [-0.4, -0.2) is 43.5 Å². The summed E-state index contributed by atoms with van der Waals surface area (Å²) in [6.07, 6.45) is 1.55. The fourth-order valence-electron chi connectivity index (χ4n) is 1.11. The van der Waals surface area contributed by atoms with Crippen molar-refractivity contribution in [1.29, 1.82) is 0 Å². The first kappa shape index (κ1) is 13.4. The van der Waals surface area contributed by atoms with Crippen molar-refractivity contribution in [3.63, 3.8) is 0 Å². The van der Waals surface area contributed by atoms with E-state index in [-0.39, 0.29) is 11.9 Å². The topological polar surface area (TPSA) is 58.4 Å². The molecule has 14 heavy (non-hydrogen) atoms. The zero-order valence-corrected chi connectivity index (χ0v) is 9.55. The van der Waals surface area contributed by atoms with Crippen LogP contribution in [0.5, 0.6) is 0 Å². The second-order valence-electron chi connectivity index (χ2n) is 3.77. The van der Waals surface area contributed by atoms with E-state index in [1.54, 1.807) is 0 Å². The number of amides is 1. The maximum Gasteiger partial charge on any atom is 0.221 e. The number of nitrogens with one attached hydrogen (secondary N) is 1. The Hall–Kier alpha value is -0.610. The van der Waals surface area contributed by atoms with E-state index in [0.717, 1.165) is 19.5 Å². The minimum Gasteiger partial charge on any atom is -0.356 e. The summed E-state index contributed by atoms with van der Waals surface area (Å²) in [4.78, 5) is 13.3. The Kier molecular flexibility index (Phi) is 7.42. The molecule has 0 aliphatic carbocycles. The van der Waals surface area contributed by atoms with Gasteiger partial charge in [-0.2, -0.15) is 0 Å². The third kappa shape index (κ3) is 8.01. The van der Waals surface area contributed by atoms with Crippen LogP contribution in [0.4, 0.5) is 0 Å². The largest absolute Gasteiger partial charge is 0.356 e. The van der Waals surface area contributed by atoms with E-state index in [0.29, 0.717) is 13.0 Å². The Labute approximate surface area is 86.8 Å². The van der Waals surface area contributed by atoms with Crippen LogP contribution in [0.25, 0.3) is 0 Å². The van der Waals surface area contributed by atoms with Crippen LogP contribution in [0.3, 0.4) is 0 Å². The lowest BCUT2D eigenvalue weighted by atomic mass is 10.2. The molecule has 0 radical (unpaired) electrons. The quantitative estimate of drug-likeness (QED) is 0.618. The molecule has 0 aromatic carbocycles. The summed E-state index contributed by atoms with van der Waals surface area (Å²) in [5, 5.41) is 2.78. The van der Waals surface area contributed by atoms with E-state index >= 15 is 0 Å². The average molecular weight is 201 g/mol. The molecule has 3 N–H and O–H groups in total. The highest BCUT2D eigenvalue weighted by molar-refractivity contribution is 5.75. The van der Waals surface area contributed by atoms with E-state index in [1.807, 2.05) is 20.9 Å². The van der Waals surface area contributed by atoms with Gasteiger partial charge >= 0.3 is 0 Å². The van der Waals surface area contributed by atoms with Gasteiger partial charge in [-0.25, -0.2) is 0 Å². The Morgan fingerprint density at radius 3 is 2.64 bits per heavy atom. The maximum absolute atomic E-state index is 11.1. The molecule has 0 heterocycles. The van der Waals surface area contributed by atoms with Crippen LogP contribution in [0.2, 0.25) is 0 Å². The van der Waals surface area contributed by atoms with Gasteiger partial charge in [-0.15, -0.1) is 0 Å². The summed E-state index contributed by atoms with van der Waals surface area (Å²) in [6, 6.07) is 0.238. The Balaban J connectivity index is 3.43. The number of nitrogens with two attached hydrogens (primary N) is 1. The van der Waals surface area contributed by atoms with Crippen LogP contribution in [0.15, 0.2) is 0 Å². The molecule has 84 valence electrons. The Morgan fingerprint density at radius 1 is 1.50 bits per heavy atom. The number of hydrogen-bond acceptors (Lipinski definition) is 3. The summed E-state index contributed by atoms with van der Waals surface area (Å²) in [5.74, 6) is 0.125. The van der Waals surface area contributed by atoms with Crippen LogP contribution < -0.4 is 11.1 Å². The van der Waals surface area contributed by atoms with Gasteiger partial charge in [0.2, 0.25) is 5.91 Å². The maximum atomic E-state index is 11.1. The standard InChI is InChI=1S/C10H23N3O/c1-4-12-10(14)6-8-13(3)7-5-9(2)11/h9H,4-8,11H2,1-3H3,(H,12,14). The zero-order valence-electron chi connectivity index (χ0n) is 9.55. The summed E-state index contributed by atoms with van der Waals surface area (Å²) < 4.78 is 0. The fraction of sp³-hybridized carbons (Fsp3) is 0.900. The van der Waals surface area contributed by atoms with Gasteiger partial charge in [0, 0.05) is 25.6 Å². The van der Waals surface area contributed by atoms with Gasteiger partial charge in [0.1, 0.15) is 0 Å². The Morgan fingerprint density at radius 2 is 2.14 bits per heavy atom. The van der Waals surface area contributed by atoms with E-state index < -0.39 is 0 Å². The lowest BCUT2D eigenvalue weighted by Crippen LogP contribution is -2.31. The summed E-state index contributed by atoms with van der Waals surface area (Å²) in [6.45, 7) is 6.40. The highest BCUT2D eigenvalue weighted by Crippen LogP contribution is 1.93. The third-order valence-corrected chi connectivity index (χ3v) is 2.06. The van der Waals surface area contributed by atoms with Crippen LogP contribution in [-0.2, 0) is 4.79 Å². The fourth-order valence-corrected chi connectivity index (χ4v) is 1.11. The molecule has 0 aromatic heterocycles. The van der Waals surface area contributed by atoms with Crippen molar-refractivity contribution in [2.24, 2.45) is 5.73 Å². The average Bonchev–Trinajstić information content (AvgIpc) is 2.12. The van der Waals surface area contributed by atoms with Gasteiger partial charge in [-0.05, 0) is 33.9 Å². The minimum absolute atomic E-state index is 0.125. The smallest absolute Gasteiger partial charge is 0.221 e. The monoisotopic (exact) mass is 201 g/mol. The normalized spacial score (nSPS) is 12.9. The highest BCUT2D eigenvalue weighted by atomic mass is 16.1. The molecule has 1 atom stereocenters. The van der Waals surface area contributed by atoms with Crippen LogP contribution in [0, 0.1) is 0 Å². The summed E-state index contributed by atoms with van der Waals surface area (Å²) >= 11 is 0. The molecule has 0 aromatic rings. The molecule has 0 saturated heterocycles. The van der Waals surface area contributed by atoms with Crippen molar-refractivity contribution >= 4 is 5.91 Å². The Bertz CT molecular complexity index is 159. The zero-order chi connectivity index (χ0) is 11.0. The van der Waals surface area contributed by atoms with Gasteiger partial charge in [-0.3, -0.25) is 4.79 Å². The molecular formula is C10H23N3O. The summed E-state index contributed by atoms with van der Waals surface area (Å²) in [7, 11) is 2.02. The molecule has 0 saturated carbocycles. The van der Waals surface area contributed by atoms with E-state index in [1.165, 1.54) is 0 Å². The van der Waals surface area contributed by atoms with E-state index in [9.17, 15) is 4.79 Å². The molecule has 0 rings (SSSR count). The summed E-state index contributed by atoms with van der Waals surface area (Å²) in [5.41, 5.74) is 5.64. The van der Waals surface area contributed by atoms with Gasteiger partial charge in [-0.1, -0.05) is 0 Å². The predicted octanol–water partition coefficient (Wildman–Crippen LogP) is 0.182. The molecule has 0 aliphatic heterocycles. The molecule has 4 heteroatoms. The van der Waals surface area contributed by atoms with Crippen molar-refractivity contribution < 1.29 is 4.79 Å². The van der Waals surface area contributed by atoms with Gasteiger partial charge in [0.05, 0.1) is 0 Å². The highest BCUT2D eigenvalue weighted by Gasteiger charge is 2.04. The number of hydrogen-bond donors (Lipinski definition) is 2. The number of carbonyl (C=O) groups excluding carboxylic acids is 1. The predicted molar refractivity (Wildman–Crippen MR) is 59.1 cm³/mol. The molecule has 4 nitrogen and oxygen atoms in total. The van der Waals surface area contributed by atoms with E-state index in [2.05, 4.69) is 10.2 Å². The van der Waals surface area contributed by atoms with Crippen molar-refractivity contribution in [3.8, 4) is 0 Å². The second kappa shape index (κ2) is 7.76. The first-order valence-electron chi connectivity index (χ1n) is 5.27. The molecule has 0 fully saturated rings. The lowest BCUT2D eigenvalue weighted by Gasteiger charge is -2.17. The SMILES string of the molecule is CCNC(=O)CCN(C)CCC(C)N. The first-order valence-corrected chi connectivity index (χ1v) is 5.27. The molecular weight excluding hydrogens is 178 g/mol. The van der Waals surface area contributed by atoms with Crippen molar-refractivity contribution in [2.75, 3.05) is 26.7 Å². The minimum atomic E-state index is 0.125. The molecule has 0 spiro atoms. The van der Waals surface area contributed by atoms with Crippen LogP contribution in [0.1, 0.15) is 26.7 Å². The number of rotatable bonds is 7. The lowest BCUT2D eigenvalue weighted by molar-refractivity contribution is -0.121. The molecule has 0 aliphatic rings. The molecule has 0 bridgehead atoms. The van der Waals surface area contributed by atoms with Crippen molar-refractivity contribution in [2.45, 2.75) is 32.7 Å². The van der Waals surface area contributed by atoms with Crippen molar-refractivity contribution in [3.05, 3.63) is 0 Å². The first-order chi connectivity index (χ1) is 6.56. The second-order valence-corrected chi connectivity index (χ2v) is 3.77. The van der Waals surface area contributed by atoms with Gasteiger partial charge in [0.15, 0.2) is 0 Å². The van der Waals surface area contributed by atoms with Crippen molar-refractivity contribution in [1.82, 2.24) is 10.2 Å². The molecule has 1 unspecified atom stereocenters. The van der Waals surface area contributed by atoms with Gasteiger partial charge < -0.3 is 16.0 Å². The van der Waals surface area contributed by atoms with E-state index in [4.69, 9.17) is 5.73 Å². The number of nitrogens with zero attached hydrogens (tertiary/aromatic N) is 1. The molecule has 1 amide bonds. The third-order valence-electron chi connectivity index (χ3n) is 2.06.